The van der Waals surface area contributed by atoms with Gasteiger partial charge in [0.1, 0.15) is 0 Å². The second-order valence-electron chi connectivity index (χ2n) is 3.08. The molecule has 0 bridgehead atoms. The monoisotopic (exact) mass is 199 g/mol. The first kappa shape index (κ1) is 9.28. The molecule has 4 nitrogen and oxygen atoms in total. The quantitative estimate of drug-likeness (QED) is 0.666. The Morgan fingerprint density at radius 2 is 2.40 bits per heavy atom. The van der Waals surface area contributed by atoms with Crippen LogP contribution in [0.25, 0.3) is 10.9 Å². The summed E-state index contributed by atoms with van der Waals surface area (Å²) in [6.07, 6.45) is 1.79. The summed E-state index contributed by atoms with van der Waals surface area (Å²) in [5, 5.41) is 7.72. The average molecular weight is 199 g/mol. The third kappa shape index (κ3) is 1.97. The summed E-state index contributed by atoms with van der Waals surface area (Å²) in [5.41, 5.74) is 6.77. The van der Waals surface area contributed by atoms with E-state index in [0.717, 1.165) is 16.5 Å². The third-order valence-electron chi connectivity index (χ3n) is 1.97. The zero-order valence-electron chi connectivity index (χ0n) is 7.95. The summed E-state index contributed by atoms with van der Waals surface area (Å²) >= 11 is 0. The molecule has 3 N–H and O–H groups in total. The summed E-state index contributed by atoms with van der Waals surface area (Å²) < 4.78 is 0. The van der Waals surface area contributed by atoms with Crippen molar-refractivity contribution in [2.45, 2.75) is 6.42 Å². The Morgan fingerprint density at radius 1 is 1.53 bits per heavy atom. The number of nitrogens with one attached hydrogen (secondary N) is 1. The van der Waals surface area contributed by atoms with Crippen LogP contribution < -0.4 is 5.73 Å². The summed E-state index contributed by atoms with van der Waals surface area (Å²) in [6, 6.07) is 5.68. The molecule has 1 amide bonds. The zero-order chi connectivity index (χ0) is 10.7. The Balaban J connectivity index is 2.37. The van der Waals surface area contributed by atoms with Crippen LogP contribution in [0.4, 0.5) is 0 Å². The third-order valence-corrected chi connectivity index (χ3v) is 1.97. The molecular weight excluding hydrogens is 190 g/mol. The number of hydrogen-bond acceptors (Lipinski definition) is 2. The van der Waals surface area contributed by atoms with E-state index in [1.54, 1.807) is 6.20 Å². The molecule has 4 heteroatoms. The number of aromatic amines is 1. The molecule has 15 heavy (non-hydrogen) atoms. The zero-order valence-corrected chi connectivity index (χ0v) is 7.95. The van der Waals surface area contributed by atoms with Crippen molar-refractivity contribution in [1.29, 1.82) is 0 Å². The van der Waals surface area contributed by atoms with Crippen LogP contribution in [0.2, 0.25) is 0 Å². The summed E-state index contributed by atoms with van der Waals surface area (Å²) in [4.78, 5) is 10.5. The fourth-order valence-electron chi connectivity index (χ4n) is 1.30. The first-order valence-corrected chi connectivity index (χ1v) is 4.46. The maximum absolute atomic E-state index is 10.5. The average Bonchev–Trinajstić information content (AvgIpc) is 2.65. The fourth-order valence-corrected chi connectivity index (χ4v) is 1.30. The molecule has 0 aliphatic heterocycles. The summed E-state index contributed by atoms with van der Waals surface area (Å²) in [7, 11) is 0. The van der Waals surface area contributed by atoms with Gasteiger partial charge >= 0.3 is 0 Å². The maximum Gasteiger partial charge on any atom is 0.229 e. The van der Waals surface area contributed by atoms with Crippen molar-refractivity contribution >= 4 is 16.8 Å². The minimum Gasteiger partial charge on any atom is -0.369 e. The van der Waals surface area contributed by atoms with Crippen molar-refractivity contribution < 1.29 is 4.79 Å². The van der Waals surface area contributed by atoms with Gasteiger partial charge in [0.15, 0.2) is 0 Å². The van der Waals surface area contributed by atoms with Gasteiger partial charge < -0.3 is 5.73 Å². The van der Waals surface area contributed by atoms with E-state index in [1.165, 1.54) is 0 Å². The molecule has 0 aliphatic carbocycles. The molecule has 74 valence electrons. The number of fused-ring (bicyclic) bond motifs is 1. The number of benzene rings is 1. The van der Waals surface area contributed by atoms with Crippen LogP contribution in [0.5, 0.6) is 0 Å². The lowest BCUT2D eigenvalue weighted by molar-refractivity contribution is -0.117. The van der Waals surface area contributed by atoms with E-state index in [2.05, 4.69) is 22.0 Å². The lowest BCUT2D eigenvalue weighted by Crippen LogP contribution is -2.08. The van der Waals surface area contributed by atoms with Gasteiger partial charge in [0.05, 0.1) is 18.1 Å². The van der Waals surface area contributed by atoms with Crippen molar-refractivity contribution in [3.05, 3.63) is 30.0 Å². The van der Waals surface area contributed by atoms with Crippen LogP contribution in [0, 0.1) is 11.8 Å². The summed E-state index contributed by atoms with van der Waals surface area (Å²) in [5.74, 6) is 5.20. The van der Waals surface area contributed by atoms with E-state index in [1.807, 2.05) is 18.2 Å². The normalized spacial score (nSPS) is 9.60. The van der Waals surface area contributed by atoms with E-state index in [4.69, 9.17) is 5.73 Å². The molecule has 2 rings (SSSR count). The molecular formula is C11H9N3O. The minimum atomic E-state index is -0.415. The number of carbonyl (C=O) groups excluding carboxylic acids is 1. The van der Waals surface area contributed by atoms with Crippen molar-refractivity contribution in [1.82, 2.24) is 10.2 Å². The largest absolute Gasteiger partial charge is 0.369 e. The van der Waals surface area contributed by atoms with Gasteiger partial charge in [0.2, 0.25) is 5.91 Å². The molecule has 0 spiro atoms. The number of primary amides is 1. The highest BCUT2D eigenvalue weighted by atomic mass is 16.1. The van der Waals surface area contributed by atoms with Gasteiger partial charge in [-0.05, 0) is 12.1 Å². The van der Waals surface area contributed by atoms with Gasteiger partial charge in [0.25, 0.3) is 0 Å². The SMILES string of the molecule is NC(=O)CC#Cc1cccc2[nH]ncc12. The lowest BCUT2D eigenvalue weighted by atomic mass is 10.1. The molecule has 1 aromatic carbocycles. The van der Waals surface area contributed by atoms with Gasteiger partial charge in [-0.2, -0.15) is 5.10 Å². The Labute approximate surface area is 86.5 Å². The first-order chi connectivity index (χ1) is 7.27. The Hall–Kier alpha value is -2.28. The number of aromatic nitrogens is 2. The number of nitrogens with two attached hydrogens (primary N) is 1. The van der Waals surface area contributed by atoms with Gasteiger partial charge in [-0.15, -0.1) is 0 Å². The van der Waals surface area contributed by atoms with Crippen LogP contribution in [0.1, 0.15) is 12.0 Å². The molecule has 0 aliphatic rings. The van der Waals surface area contributed by atoms with E-state index >= 15 is 0 Å². The van der Waals surface area contributed by atoms with Crippen LogP contribution in [0.3, 0.4) is 0 Å². The van der Waals surface area contributed by atoms with Gasteiger partial charge in [-0.1, -0.05) is 17.9 Å². The second-order valence-corrected chi connectivity index (χ2v) is 3.08. The highest BCUT2D eigenvalue weighted by Gasteiger charge is 1.98. The van der Waals surface area contributed by atoms with Crippen LogP contribution in [-0.4, -0.2) is 16.1 Å². The Kier molecular flexibility index (Phi) is 2.38. The predicted molar refractivity (Wildman–Crippen MR) is 56.8 cm³/mol. The molecule has 0 saturated carbocycles. The number of carbonyl (C=O) groups is 1. The molecule has 0 saturated heterocycles. The van der Waals surface area contributed by atoms with Crippen LogP contribution in [0.15, 0.2) is 24.4 Å². The number of nitrogens with zero attached hydrogens (tertiary/aromatic N) is 1. The molecule has 0 unspecified atom stereocenters. The standard InChI is InChI=1S/C11H9N3O/c12-11(15)6-2-4-8-3-1-5-10-9(8)7-13-14-10/h1,3,5,7H,6H2,(H2,12,15)(H,13,14). The Bertz CT molecular complexity index is 560. The van der Waals surface area contributed by atoms with Crippen molar-refractivity contribution in [2.24, 2.45) is 5.73 Å². The van der Waals surface area contributed by atoms with E-state index in [-0.39, 0.29) is 6.42 Å². The van der Waals surface area contributed by atoms with Gasteiger partial charge in [-0.25, -0.2) is 0 Å². The fraction of sp³-hybridized carbons (Fsp3) is 0.0909. The lowest BCUT2D eigenvalue weighted by Gasteiger charge is -1.91. The smallest absolute Gasteiger partial charge is 0.229 e. The number of amides is 1. The summed E-state index contributed by atoms with van der Waals surface area (Å²) in [6.45, 7) is 0. The molecule has 1 heterocycles. The Morgan fingerprint density at radius 3 is 3.20 bits per heavy atom. The molecule has 2 aromatic rings. The predicted octanol–water partition coefficient (Wildman–Crippen LogP) is 0.790. The topological polar surface area (TPSA) is 71.8 Å². The number of H-pyrrole nitrogens is 1. The van der Waals surface area contributed by atoms with Crippen molar-refractivity contribution in [3.63, 3.8) is 0 Å². The van der Waals surface area contributed by atoms with Crippen LogP contribution >= 0.6 is 0 Å². The van der Waals surface area contributed by atoms with E-state index in [0.29, 0.717) is 0 Å². The molecule has 1 aromatic heterocycles. The maximum atomic E-state index is 10.5. The first-order valence-electron chi connectivity index (χ1n) is 4.46. The highest BCUT2D eigenvalue weighted by Crippen LogP contribution is 2.14. The molecule has 0 fully saturated rings. The highest BCUT2D eigenvalue weighted by molar-refractivity contribution is 5.85. The van der Waals surface area contributed by atoms with E-state index in [9.17, 15) is 4.79 Å². The van der Waals surface area contributed by atoms with E-state index < -0.39 is 5.91 Å². The number of hydrogen-bond donors (Lipinski definition) is 2. The van der Waals surface area contributed by atoms with Crippen molar-refractivity contribution in [2.75, 3.05) is 0 Å². The van der Waals surface area contributed by atoms with Crippen LogP contribution in [-0.2, 0) is 4.79 Å². The molecule has 0 radical (unpaired) electrons. The number of rotatable bonds is 1. The van der Waals surface area contributed by atoms with Crippen molar-refractivity contribution in [3.8, 4) is 11.8 Å². The minimum absolute atomic E-state index is 0.0776. The molecule has 0 atom stereocenters. The van der Waals surface area contributed by atoms with Gasteiger partial charge in [0, 0.05) is 10.9 Å². The van der Waals surface area contributed by atoms with Gasteiger partial charge in [-0.3, -0.25) is 9.89 Å². The second kappa shape index (κ2) is 3.84.